The Morgan fingerprint density at radius 3 is 2.70 bits per heavy atom. The lowest BCUT2D eigenvalue weighted by molar-refractivity contribution is -0.136. The summed E-state index contributed by atoms with van der Waals surface area (Å²) < 4.78 is 44.4. The van der Waals surface area contributed by atoms with Crippen molar-refractivity contribution in [2.75, 3.05) is 18.9 Å². The minimum Gasteiger partial charge on any atom is -0.381 e. The number of nitrogen functional groups attached to an aromatic ring is 1. The summed E-state index contributed by atoms with van der Waals surface area (Å²) >= 11 is 0. The lowest BCUT2D eigenvalue weighted by atomic mass is 9.98. The number of anilines is 1. The van der Waals surface area contributed by atoms with Gasteiger partial charge in [-0.15, -0.1) is 0 Å². The largest absolute Gasteiger partial charge is 0.418 e. The number of ether oxygens (including phenoxy) is 1. The first-order chi connectivity index (χ1) is 9.47. The first kappa shape index (κ1) is 13.1. The minimum absolute atomic E-state index is 0.0358. The molecular weight excluding hydrogens is 271 g/mol. The molecule has 1 aliphatic rings. The van der Waals surface area contributed by atoms with Gasteiger partial charge in [-0.05, 0) is 12.5 Å². The minimum atomic E-state index is -4.47. The molecule has 2 N–H and O–H groups in total. The second-order valence-corrected chi connectivity index (χ2v) is 4.73. The van der Waals surface area contributed by atoms with Gasteiger partial charge in [0.15, 0.2) is 0 Å². The van der Waals surface area contributed by atoms with Crippen LogP contribution in [0.3, 0.4) is 0 Å². The van der Waals surface area contributed by atoms with Gasteiger partial charge >= 0.3 is 6.18 Å². The van der Waals surface area contributed by atoms with Gasteiger partial charge in [0, 0.05) is 17.9 Å². The Morgan fingerprint density at radius 1 is 1.25 bits per heavy atom. The number of fused-ring (bicyclic) bond motifs is 1. The lowest BCUT2D eigenvalue weighted by Gasteiger charge is -2.14. The third-order valence-corrected chi connectivity index (χ3v) is 3.40. The molecule has 1 fully saturated rings. The van der Waals surface area contributed by atoms with Crippen molar-refractivity contribution in [2.45, 2.75) is 18.5 Å². The van der Waals surface area contributed by atoms with Crippen molar-refractivity contribution >= 4 is 16.9 Å². The molecule has 0 radical (unpaired) electrons. The molecule has 0 amide bonds. The molecule has 1 unspecified atom stereocenters. The molecule has 1 aromatic carbocycles. The second-order valence-electron chi connectivity index (χ2n) is 4.73. The van der Waals surface area contributed by atoms with Gasteiger partial charge in [0.05, 0.1) is 23.4 Å². The molecule has 7 heteroatoms. The molecule has 0 bridgehead atoms. The SMILES string of the molecule is Nc1nc(C2CCOC2)c2cccc(C(F)(F)F)c2n1. The van der Waals surface area contributed by atoms with Gasteiger partial charge in [-0.3, -0.25) is 0 Å². The van der Waals surface area contributed by atoms with Crippen molar-refractivity contribution in [1.29, 1.82) is 0 Å². The van der Waals surface area contributed by atoms with E-state index >= 15 is 0 Å². The Balaban J connectivity index is 2.27. The summed E-state index contributed by atoms with van der Waals surface area (Å²) in [7, 11) is 0. The van der Waals surface area contributed by atoms with Gasteiger partial charge in [-0.2, -0.15) is 13.2 Å². The maximum absolute atomic E-state index is 13.0. The van der Waals surface area contributed by atoms with E-state index in [0.29, 0.717) is 24.3 Å². The predicted molar refractivity (Wildman–Crippen MR) is 67.1 cm³/mol. The fourth-order valence-corrected chi connectivity index (χ4v) is 2.48. The Bertz CT molecular complexity index is 651. The number of benzene rings is 1. The van der Waals surface area contributed by atoms with Crippen LogP contribution in [0.1, 0.15) is 23.6 Å². The number of nitrogens with two attached hydrogens (primary N) is 1. The molecule has 0 saturated carbocycles. The van der Waals surface area contributed by atoms with Gasteiger partial charge in [0.2, 0.25) is 5.95 Å². The predicted octanol–water partition coefficient (Wildman–Crippen LogP) is 2.73. The zero-order valence-corrected chi connectivity index (χ0v) is 10.4. The molecule has 2 aromatic rings. The zero-order valence-electron chi connectivity index (χ0n) is 10.4. The number of para-hydroxylation sites is 1. The van der Waals surface area contributed by atoms with E-state index in [2.05, 4.69) is 9.97 Å². The third-order valence-electron chi connectivity index (χ3n) is 3.40. The van der Waals surface area contributed by atoms with Crippen molar-refractivity contribution in [3.63, 3.8) is 0 Å². The Kier molecular flexibility index (Phi) is 3.01. The van der Waals surface area contributed by atoms with Gasteiger partial charge < -0.3 is 10.5 Å². The number of hydrogen-bond acceptors (Lipinski definition) is 4. The Hall–Kier alpha value is -1.89. The van der Waals surface area contributed by atoms with Crippen molar-refractivity contribution in [1.82, 2.24) is 9.97 Å². The number of aromatic nitrogens is 2. The van der Waals surface area contributed by atoms with E-state index in [0.717, 1.165) is 12.5 Å². The van der Waals surface area contributed by atoms with E-state index in [1.165, 1.54) is 6.07 Å². The highest BCUT2D eigenvalue weighted by Gasteiger charge is 2.34. The Morgan fingerprint density at radius 2 is 2.05 bits per heavy atom. The van der Waals surface area contributed by atoms with E-state index in [1.54, 1.807) is 6.07 Å². The zero-order chi connectivity index (χ0) is 14.3. The molecule has 4 nitrogen and oxygen atoms in total. The summed E-state index contributed by atoms with van der Waals surface area (Å²) in [6, 6.07) is 3.96. The number of halogens is 3. The number of nitrogens with zero attached hydrogens (tertiary/aromatic N) is 2. The van der Waals surface area contributed by atoms with E-state index in [1.807, 2.05) is 0 Å². The highest BCUT2D eigenvalue weighted by Crippen LogP contribution is 2.37. The molecule has 3 rings (SSSR count). The van der Waals surface area contributed by atoms with Gasteiger partial charge in [-0.1, -0.05) is 12.1 Å². The van der Waals surface area contributed by atoms with Gasteiger partial charge in [0.25, 0.3) is 0 Å². The van der Waals surface area contributed by atoms with Crippen LogP contribution in [-0.4, -0.2) is 23.2 Å². The maximum Gasteiger partial charge on any atom is 0.418 e. The van der Waals surface area contributed by atoms with E-state index in [4.69, 9.17) is 10.5 Å². The van der Waals surface area contributed by atoms with Gasteiger partial charge in [0.1, 0.15) is 0 Å². The summed E-state index contributed by atoms with van der Waals surface area (Å²) in [6.07, 6.45) is -3.74. The smallest absolute Gasteiger partial charge is 0.381 e. The molecular formula is C13H12F3N3O. The fraction of sp³-hybridized carbons (Fsp3) is 0.385. The highest BCUT2D eigenvalue weighted by atomic mass is 19.4. The van der Waals surface area contributed by atoms with E-state index in [9.17, 15) is 13.2 Å². The Labute approximate surface area is 112 Å². The average Bonchev–Trinajstić information content (AvgIpc) is 2.89. The van der Waals surface area contributed by atoms with E-state index in [-0.39, 0.29) is 17.4 Å². The normalized spacial score (nSPS) is 19.6. The molecule has 0 aliphatic carbocycles. The molecule has 1 saturated heterocycles. The number of rotatable bonds is 1. The summed E-state index contributed by atoms with van der Waals surface area (Å²) in [6.45, 7) is 1.02. The first-order valence-electron chi connectivity index (χ1n) is 6.18. The molecule has 2 heterocycles. The van der Waals surface area contributed by atoms with Crippen LogP contribution < -0.4 is 5.73 Å². The van der Waals surface area contributed by atoms with Crippen LogP contribution in [0.25, 0.3) is 10.9 Å². The van der Waals surface area contributed by atoms with Crippen molar-refractivity contribution in [3.05, 3.63) is 29.5 Å². The van der Waals surface area contributed by atoms with Crippen LogP contribution in [0.15, 0.2) is 18.2 Å². The van der Waals surface area contributed by atoms with Crippen LogP contribution in [0.5, 0.6) is 0 Å². The molecule has 20 heavy (non-hydrogen) atoms. The summed E-state index contributed by atoms with van der Waals surface area (Å²) in [5.41, 5.74) is 5.18. The molecule has 106 valence electrons. The van der Waals surface area contributed by atoms with Crippen LogP contribution in [0, 0.1) is 0 Å². The first-order valence-corrected chi connectivity index (χ1v) is 6.18. The van der Waals surface area contributed by atoms with Crippen LogP contribution >= 0.6 is 0 Å². The number of hydrogen-bond donors (Lipinski definition) is 1. The summed E-state index contributed by atoms with van der Waals surface area (Å²) in [5.74, 6) is -0.178. The molecule has 1 atom stereocenters. The van der Waals surface area contributed by atoms with Crippen LogP contribution in [0.4, 0.5) is 19.1 Å². The second kappa shape index (κ2) is 4.59. The summed E-state index contributed by atoms with van der Waals surface area (Å²) in [5, 5.41) is 0.393. The highest BCUT2D eigenvalue weighted by molar-refractivity contribution is 5.85. The molecule has 1 aliphatic heterocycles. The third kappa shape index (κ3) is 2.18. The monoisotopic (exact) mass is 283 g/mol. The van der Waals surface area contributed by atoms with E-state index < -0.39 is 11.7 Å². The standard InChI is InChI=1S/C13H12F3N3O/c14-13(15,16)9-3-1-2-8-10(7-4-5-20-6-7)18-12(17)19-11(8)9/h1-3,7H,4-6H2,(H2,17,18,19). The fourth-order valence-electron chi connectivity index (χ4n) is 2.48. The van der Waals surface area contributed by atoms with Crippen molar-refractivity contribution < 1.29 is 17.9 Å². The molecule has 1 aromatic heterocycles. The molecule has 0 spiro atoms. The topological polar surface area (TPSA) is 61.0 Å². The average molecular weight is 283 g/mol. The van der Waals surface area contributed by atoms with Crippen molar-refractivity contribution in [2.24, 2.45) is 0 Å². The maximum atomic E-state index is 13.0. The lowest BCUT2D eigenvalue weighted by Crippen LogP contribution is -2.11. The van der Waals surface area contributed by atoms with Crippen LogP contribution in [-0.2, 0) is 10.9 Å². The quantitative estimate of drug-likeness (QED) is 0.874. The van der Waals surface area contributed by atoms with Crippen LogP contribution in [0.2, 0.25) is 0 Å². The number of alkyl halides is 3. The van der Waals surface area contributed by atoms with Crippen molar-refractivity contribution in [3.8, 4) is 0 Å². The summed E-state index contributed by atoms with van der Waals surface area (Å²) in [4.78, 5) is 7.91. The van der Waals surface area contributed by atoms with Gasteiger partial charge in [-0.25, -0.2) is 9.97 Å².